The molecule has 0 atom stereocenters. The zero-order valence-corrected chi connectivity index (χ0v) is 10.0. The quantitative estimate of drug-likeness (QED) is 0.788. The largest absolute Gasteiger partial charge is 0.478 e. The highest BCUT2D eigenvalue weighted by molar-refractivity contribution is 5.90. The van der Waals surface area contributed by atoms with E-state index in [1.54, 1.807) is 18.2 Å². The minimum absolute atomic E-state index is 0.291. The van der Waals surface area contributed by atoms with Crippen LogP contribution in [0, 0.1) is 0 Å². The first-order valence-corrected chi connectivity index (χ1v) is 5.95. The zero-order chi connectivity index (χ0) is 12.4. The number of carboxylic acid groups (broad SMARTS) is 1. The smallest absolute Gasteiger partial charge is 0.335 e. The van der Waals surface area contributed by atoms with E-state index >= 15 is 0 Å². The molecule has 0 aliphatic heterocycles. The second kappa shape index (κ2) is 4.65. The van der Waals surface area contributed by atoms with E-state index in [-0.39, 0.29) is 0 Å². The van der Waals surface area contributed by atoms with Crippen molar-refractivity contribution >= 4 is 17.3 Å². The normalized spacial score (nSPS) is 16.1. The summed E-state index contributed by atoms with van der Waals surface area (Å²) in [5.41, 5.74) is 7.69. The Balaban J connectivity index is 2.29. The van der Waals surface area contributed by atoms with Crippen molar-refractivity contribution in [3.8, 4) is 0 Å². The van der Waals surface area contributed by atoms with Crippen molar-refractivity contribution in [1.82, 2.24) is 0 Å². The third-order valence-electron chi connectivity index (χ3n) is 3.53. The second-order valence-electron chi connectivity index (χ2n) is 4.63. The van der Waals surface area contributed by atoms with Gasteiger partial charge >= 0.3 is 5.97 Å². The number of rotatable bonds is 3. The molecule has 0 bridgehead atoms. The first kappa shape index (κ1) is 11.8. The molecule has 0 unspecified atom stereocenters. The summed E-state index contributed by atoms with van der Waals surface area (Å²) in [5.74, 6) is -0.911. The van der Waals surface area contributed by atoms with Gasteiger partial charge in [0, 0.05) is 13.1 Å². The highest BCUT2D eigenvalue weighted by Crippen LogP contribution is 2.31. The van der Waals surface area contributed by atoms with Gasteiger partial charge in [0.1, 0.15) is 0 Å². The number of carbonyl (C=O) groups is 1. The summed E-state index contributed by atoms with van der Waals surface area (Å²) in [7, 11) is 1.99. The molecule has 1 aromatic carbocycles. The van der Waals surface area contributed by atoms with Gasteiger partial charge in [0.2, 0.25) is 0 Å². The van der Waals surface area contributed by atoms with Gasteiger partial charge in [0.25, 0.3) is 0 Å². The van der Waals surface area contributed by atoms with Crippen LogP contribution >= 0.6 is 0 Å². The zero-order valence-electron chi connectivity index (χ0n) is 10.0. The molecule has 0 spiro atoms. The Bertz CT molecular complexity index is 425. The summed E-state index contributed by atoms with van der Waals surface area (Å²) in [4.78, 5) is 13.1. The number of nitrogen functional groups attached to an aromatic ring is 1. The molecular weight excluding hydrogens is 216 g/mol. The van der Waals surface area contributed by atoms with Gasteiger partial charge < -0.3 is 15.7 Å². The topological polar surface area (TPSA) is 66.6 Å². The Morgan fingerprint density at radius 2 is 2.06 bits per heavy atom. The molecular formula is C13H18N2O2. The maximum Gasteiger partial charge on any atom is 0.335 e. The predicted octanol–water partition coefficient (Wildman–Crippen LogP) is 2.35. The standard InChI is InChI=1S/C13H18N2O2/c1-15(10-4-2-3-5-10)12-8-9(13(16)17)6-7-11(12)14/h6-8,10H,2-5,14H2,1H3,(H,16,17). The molecule has 0 aromatic heterocycles. The Hall–Kier alpha value is -1.71. The average molecular weight is 234 g/mol. The van der Waals surface area contributed by atoms with Gasteiger partial charge in [0.05, 0.1) is 16.9 Å². The molecule has 1 fully saturated rings. The maximum absolute atomic E-state index is 10.9. The van der Waals surface area contributed by atoms with E-state index < -0.39 is 5.97 Å². The molecule has 92 valence electrons. The molecule has 0 saturated heterocycles. The molecule has 0 amide bonds. The highest BCUT2D eigenvalue weighted by Gasteiger charge is 2.21. The van der Waals surface area contributed by atoms with Crippen molar-refractivity contribution in [3.63, 3.8) is 0 Å². The van der Waals surface area contributed by atoms with Crippen LogP contribution in [0.4, 0.5) is 11.4 Å². The number of hydrogen-bond acceptors (Lipinski definition) is 3. The van der Waals surface area contributed by atoms with Gasteiger partial charge in [-0.1, -0.05) is 12.8 Å². The first-order chi connectivity index (χ1) is 8.09. The van der Waals surface area contributed by atoms with E-state index in [0.29, 0.717) is 17.3 Å². The highest BCUT2D eigenvalue weighted by atomic mass is 16.4. The van der Waals surface area contributed by atoms with E-state index in [1.807, 2.05) is 7.05 Å². The molecule has 1 aliphatic carbocycles. The van der Waals surface area contributed by atoms with E-state index in [9.17, 15) is 4.79 Å². The molecule has 17 heavy (non-hydrogen) atoms. The third-order valence-corrected chi connectivity index (χ3v) is 3.53. The Morgan fingerprint density at radius 1 is 1.41 bits per heavy atom. The lowest BCUT2D eigenvalue weighted by atomic mass is 10.1. The SMILES string of the molecule is CN(c1cc(C(=O)O)ccc1N)C1CCCC1. The minimum atomic E-state index is -0.911. The lowest BCUT2D eigenvalue weighted by Crippen LogP contribution is -2.29. The van der Waals surface area contributed by atoms with Crippen LogP contribution in [0.15, 0.2) is 18.2 Å². The molecule has 2 rings (SSSR count). The monoisotopic (exact) mass is 234 g/mol. The Morgan fingerprint density at radius 3 is 2.65 bits per heavy atom. The number of nitrogens with two attached hydrogens (primary N) is 1. The van der Waals surface area contributed by atoms with Gasteiger partial charge in [-0.2, -0.15) is 0 Å². The van der Waals surface area contributed by atoms with Gasteiger partial charge in [-0.05, 0) is 31.0 Å². The third kappa shape index (κ3) is 2.35. The average Bonchev–Trinajstić information content (AvgIpc) is 2.81. The van der Waals surface area contributed by atoms with Crippen molar-refractivity contribution in [2.75, 3.05) is 17.7 Å². The van der Waals surface area contributed by atoms with Crippen molar-refractivity contribution in [2.45, 2.75) is 31.7 Å². The van der Waals surface area contributed by atoms with Crippen LogP contribution in [0.2, 0.25) is 0 Å². The van der Waals surface area contributed by atoms with Crippen LogP contribution in [0.25, 0.3) is 0 Å². The van der Waals surface area contributed by atoms with Gasteiger partial charge in [-0.3, -0.25) is 0 Å². The molecule has 1 aliphatic rings. The lowest BCUT2D eigenvalue weighted by molar-refractivity contribution is 0.0697. The summed E-state index contributed by atoms with van der Waals surface area (Å²) < 4.78 is 0. The fraction of sp³-hybridized carbons (Fsp3) is 0.462. The molecule has 4 nitrogen and oxygen atoms in total. The molecule has 1 aromatic rings. The van der Waals surface area contributed by atoms with Crippen molar-refractivity contribution < 1.29 is 9.90 Å². The van der Waals surface area contributed by atoms with Gasteiger partial charge in [0.15, 0.2) is 0 Å². The first-order valence-electron chi connectivity index (χ1n) is 5.95. The van der Waals surface area contributed by atoms with Crippen LogP contribution in [0.3, 0.4) is 0 Å². The van der Waals surface area contributed by atoms with Crippen LogP contribution < -0.4 is 10.6 Å². The van der Waals surface area contributed by atoms with Crippen LogP contribution in [-0.4, -0.2) is 24.2 Å². The Kier molecular flexibility index (Phi) is 3.22. The molecule has 1 saturated carbocycles. The van der Waals surface area contributed by atoms with E-state index in [1.165, 1.54) is 12.8 Å². The van der Waals surface area contributed by atoms with Crippen LogP contribution in [0.1, 0.15) is 36.0 Å². The summed E-state index contributed by atoms with van der Waals surface area (Å²) in [6.07, 6.45) is 4.81. The maximum atomic E-state index is 10.9. The number of aromatic carboxylic acids is 1. The van der Waals surface area contributed by atoms with Crippen LogP contribution in [-0.2, 0) is 0 Å². The lowest BCUT2D eigenvalue weighted by Gasteiger charge is -2.28. The molecule has 3 N–H and O–H groups in total. The van der Waals surface area contributed by atoms with Crippen molar-refractivity contribution in [2.24, 2.45) is 0 Å². The predicted molar refractivity (Wildman–Crippen MR) is 68.5 cm³/mol. The number of benzene rings is 1. The van der Waals surface area contributed by atoms with E-state index in [4.69, 9.17) is 10.8 Å². The van der Waals surface area contributed by atoms with Crippen LogP contribution in [0.5, 0.6) is 0 Å². The number of carboxylic acids is 1. The summed E-state index contributed by atoms with van der Waals surface area (Å²) in [6, 6.07) is 5.37. The summed E-state index contributed by atoms with van der Waals surface area (Å²) in [6.45, 7) is 0. The molecule has 0 radical (unpaired) electrons. The van der Waals surface area contributed by atoms with E-state index in [2.05, 4.69) is 4.90 Å². The number of anilines is 2. The van der Waals surface area contributed by atoms with Crippen molar-refractivity contribution in [3.05, 3.63) is 23.8 Å². The summed E-state index contributed by atoms with van der Waals surface area (Å²) in [5, 5.41) is 8.99. The van der Waals surface area contributed by atoms with E-state index in [0.717, 1.165) is 18.5 Å². The minimum Gasteiger partial charge on any atom is -0.478 e. The molecule has 4 heteroatoms. The fourth-order valence-corrected chi connectivity index (χ4v) is 2.47. The fourth-order valence-electron chi connectivity index (χ4n) is 2.47. The van der Waals surface area contributed by atoms with Gasteiger partial charge in [-0.25, -0.2) is 4.79 Å². The van der Waals surface area contributed by atoms with Gasteiger partial charge in [-0.15, -0.1) is 0 Å². The van der Waals surface area contributed by atoms with Crippen molar-refractivity contribution in [1.29, 1.82) is 0 Å². The molecule has 0 heterocycles. The Labute approximate surface area is 101 Å². The number of nitrogens with zero attached hydrogens (tertiary/aromatic N) is 1. The second-order valence-corrected chi connectivity index (χ2v) is 4.63. The summed E-state index contributed by atoms with van der Waals surface area (Å²) >= 11 is 0. The number of hydrogen-bond donors (Lipinski definition) is 2.